The molecule has 1 aromatic carbocycles. The molecule has 0 fully saturated rings. The van der Waals surface area contributed by atoms with Crippen molar-refractivity contribution in [1.82, 2.24) is 0 Å². The first kappa shape index (κ1) is 8.01. The molecule has 0 unspecified atom stereocenters. The van der Waals surface area contributed by atoms with E-state index < -0.39 is 0 Å². The Balaban J connectivity index is 2.60. The zero-order valence-corrected chi connectivity index (χ0v) is 7.77. The van der Waals surface area contributed by atoms with Gasteiger partial charge in [-0.1, -0.05) is 15.9 Å². The molecule has 1 aromatic rings. The third-order valence-electron chi connectivity index (χ3n) is 1.85. The second-order valence-corrected chi connectivity index (χ2v) is 3.63. The van der Waals surface area contributed by atoms with Crippen LogP contribution in [0, 0.1) is 5.82 Å². The molecular formula is C8H7BrFNO. The van der Waals surface area contributed by atoms with Crippen LogP contribution in [0.1, 0.15) is 11.6 Å². The van der Waals surface area contributed by atoms with E-state index in [1.807, 2.05) is 0 Å². The van der Waals surface area contributed by atoms with Crippen LogP contribution in [0.5, 0.6) is 5.75 Å². The Morgan fingerprint density at radius 1 is 1.58 bits per heavy atom. The van der Waals surface area contributed by atoms with Crippen molar-refractivity contribution >= 4 is 15.9 Å². The first-order chi connectivity index (χ1) is 5.68. The van der Waals surface area contributed by atoms with E-state index in [4.69, 9.17) is 10.5 Å². The Labute approximate surface area is 77.6 Å². The van der Waals surface area contributed by atoms with Gasteiger partial charge in [-0.3, -0.25) is 0 Å². The molecule has 4 heteroatoms. The van der Waals surface area contributed by atoms with Crippen LogP contribution in [-0.4, -0.2) is 6.61 Å². The third kappa shape index (κ3) is 1.11. The van der Waals surface area contributed by atoms with Crippen LogP contribution in [0.4, 0.5) is 4.39 Å². The fourth-order valence-electron chi connectivity index (χ4n) is 1.30. The van der Waals surface area contributed by atoms with Crippen LogP contribution in [0.25, 0.3) is 0 Å². The molecule has 1 aliphatic heterocycles. The van der Waals surface area contributed by atoms with Crippen LogP contribution < -0.4 is 10.5 Å². The van der Waals surface area contributed by atoms with Gasteiger partial charge in [0.15, 0.2) is 0 Å². The van der Waals surface area contributed by atoms with E-state index in [0.29, 0.717) is 22.4 Å². The number of hydrogen-bond acceptors (Lipinski definition) is 2. The second kappa shape index (κ2) is 2.71. The highest BCUT2D eigenvalue weighted by atomic mass is 79.9. The minimum absolute atomic E-state index is 0.302. The largest absolute Gasteiger partial charge is 0.491 e. The molecule has 1 heterocycles. The molecule has 0 saturated heterocycles. The van der Waals surface area contributed by atoms with E-state index in [1.165, 1.54) is 6.07 Å². The monoisotopic (exact) mass is 231 g/mol. The van der Waals surface area contributed by atoms with Crippen molar-refractivity contribution in [2.24, 2.45) is 5.73 Å². The Bertz CT molecular complexity index is 329. The maximum absolute atomic E-state index is 13.2. The predicted octanol–water partition coefficient (Wildman–Crippen LogP) is 1.98. The highest BCUT2D eigenvalue weighted by molar-refractivity contribution is 9.10. The molecule has 0 saturated carbocycles. The molecular weight excluding hydrogens is 225 g/mol. The summed E-state index contributed by atoms with van der Waals surface area (Å²) in [5.74, 6) is 0.249. The smallest absolute Gasteiger partial charge is 0.132 e. The summed E-state index contributed by atoms with van der Waals surface area (Å²) in [7, 11) is 0. The Kier molecular flexibility index (Phi) is 1.81. The molecule has 2 N–H and O–H groups in total. The molecule has 0 spiro atoms. The lowest BCUT2D eigenvalue weighted by atomic mass is 10.1. The predicted molar refractivity (Wildman–Crippen MR) is 46.5 cm³/mol. The molecule has 0 bridgehead atoms. The molecule has 2 rings (SSSR count). The highest BCUT2D eigenvalue weighted by Gasteiger charge is 2.24. The standard InChI is InChI=1S/C8H7BrFNO/c9-4-1-5(10)8-6(11)3-12-7(8)2-4/h1-2,6H,3,11H2/t6-/m0/s1. The van der Waals surface area contributed by atoms with Gasteiger partial charge in [0, 0.05) is 4.47 Å². The molecule has 0 amide bonds. The van der Waals surface area contributed by atoms with Gasteiger partial charge < -0.3 is 10.5 Å². The summed E-state index contributed by atoms with van der Waals surface area (Å²) >= 11 is 3.17. The Morgan fingerprint density at radius 3 is 3.08 bits per heavy atom. The van der Waals surface area contributed by atoms with Gasteiger partial charge in [-0.25, -0.2) is 4.39 Å². The van der Waals surface area contributed by atoms with Crippen molar-refractivity contribution in [2.45, 2.75) is 6.04 Å². The lowest BCUT2D eigenvalue weighted by molar-refractivity contribution is 0.333. The Hall–Kier alpha value is -0.610. The molecule has 0 aliphatic carbocycles. The molecule has 64 valence electrons. The van der Waals surface area contributed by atoms with Gasteiger partial charge in [0.25, 0.3) is 0 Å². The fourth-order valence-corrected chi connectivity index (χ4v) is 1.71. The van der Waals surface area contributed by atoms with Crippen molar-refractivity contribution in [3.8, 4) is 5.75 Å². The van der Waals surface area contributed by atoms with Crippen molar-refractivity contribution in [1.29, 1.82) is 0 Å². The molecule has 12 heavy (non-hydrogen) atoms. The lowest BCUT2D eigenvalue weighted by Crippen LogP contribution is -2.12. The summed E-state index contributed by atoms with van der Waals surface area (Å²) in [6, 6.07) is 2.80. The molecule has 0 aromatic heterocycles. The summed E-state index contributed by atoms with van der Waals surface area (Å²) in [6.07, 6.45) is 0. The summed E-state index contributed by atoms with van der Waals surface area (Å²) in [6.45, 7) is 0.364. The normalized spacial score (nSPS) is 20.4. The second-order valence-electron chi connectivity index (χ2n) is 2.72. The summed E-state index contributed by atoms with van der Waals surface area (Å²) in [4.78, 5) is 0. The average molecular weight is 232 g/mol. The number of nitrogens with two attached hydrogens (primary N) is 1. The molecule has 1 aliphatic rings. The maximum atomic E-state index is 13.2. The SMILES string of the molecule is N[C@H]1COc2cc(Br)cc(F)c21. The Morgan fingerprint density at radius 2 is 2.33 bits per heavy atom. The first-order valence-electron chi connectivity index (χ1n) is 3.56. The van der Waals surface area contributed by atoms with Crippen LogP contribution in [0.3, 0.4) is 0 Å². The summed E-state index contributed by atoms with van der Waals surface area (Å²) in [5, 5.41) is 0. The quantitative estimate of drug-likeness (QED) is 0.742. The van der Waals surface area contributed by atoms with Gasteiger partial charge in [-0.2, -0.15) is 0 Å². The van der Waals surface area contributed by atoms with E-state index in [-0.39, 0.29) is 11.9 Å². The summed E-state index contributed by atoms with van der Waals surface area (Å²) < 4.78 is 19.1. The first-order valence-corrected chi connectivity index (χ1v) is 4.35. The average Bonchev–Trinajstić information content (AvgIpc) is 2.31. The van der Waals surface area contributed by atoms with E-state index in [9.17, 15) is 4.39 Å². The topological polar surface area (TPSA) is 35.2 Å². The van der Waals surface area contributed by atoms with Crippen molar-refractivity contribution < 1.29 is 9.13 Å². The zero-order chi connectivity index (χ0) is 8.72. The van der Waals surface area contributed by atoms with E-state index in [1.54, 1.807) is 6.07 Å². The van der Waals surface area contributed by atoms with Crippen molar-refractivity contribution in [2.75, 3.05) is 6.61 Å². The molecule has 1 atom stereocenters. The van der Waals surface area contributed by atoms with Gasteiger partial charge in [0.2, 0.25) is 0 Å². The highest BCUT2D eigenvalue weighted by Crippen LogP contribution is 2.35. The minimum Gasteiger partial charge on any atom is -0.491 e. The lowest BCUT2D eigenvalue weighted by Gasteiger charge is -2.02. The zero-order valence-electron chi connectivity index (χ0n) is 6.18. The maximum Gasteiger partial charge on any atom is 0.132 e. The van der Waals surface area contributed by atoms with Gasteiger partial charge in [0.05, 0.1) is 11.6 Å². The van der Waals surface area contributed by atoms with Crippen LogP contribution in [0.2, 0.25) is 0 Å². The van der Waals surface area contributed by atoms with Gasteiger partial charge >= 0.3 is 0 Å². The number of fused-ring (bicyclic) bond motifs is 1. The van der Waals surface area contributed by atoms with E-state index in [2.05, 4.69) is 15.9 Å². The number of halogens is 2. The van der Waals surface area contributed by atoms with E-state index >= 15 is 0 Å². The van der Waals surface area contributed by atoms with Gasteiger partial charge in [-0.05, 0) is 12.1 Å². The number of benzene rings is 1. The molecule has 0 radical (unpaired) electrons. The van der Waals surface area contributed by atoms with Crippen LogP contribution >= 0.6 is 15.9 Å². The number of rotatable bonds is 0. The van der Waals surface area contributed by atoms with Gasteiger partial charge in [-0.15, -0.1) is 0 Å². The fraction of sp³-hybridized carbons (Fsp3) is 0.250. The van der Waals surface area contributed by atoms with Gasteiger partial charge in [0.1, 0.15) is 18.2 Å². The minimum atomic E-state index is -0.326. The summed E-state index contributed by atoms with van der Waals surface area (Å²) in [5.41, 5.74) is 6.10. The van der Waals surface area contributed by atoms with Crippen molar-refractivity contribution in [3.05, 3.63) is 28.0 Å². The third-order valence-corrected chi connectivity index (χ3v) is 2.30. The van der Waals surface area contributed by atoms with Crippen molar-refractivity contribution in [3.63, 3.8) is 0 Å². The van der Waals surface area contributed by atoms with Crippen LogP contribution in [-0.2, 0) is 0 Å². The molecule has 2 nitrogen and oxygen atoms in total. The number of ether oxygens (including phenoxy) is 1. The number of hydrogen-bond donors (Lipinski definition) is 1. The van der Waals surface area contributed by atoms with Crippen LogP contribution in [0.15, 0.2) is 16.6 Å². The van der Waals surface area contributed by atoms with E-state index in [0.717, 1.165) is 0 Å².